The SMILES string of the molecule is C/C=C/CCNC(=O)c1cc(F)cc([N+](=O)[O-])c1F. The minimum atomic E-state index is -1.34. The van der Waals surface area contributed by atoms with E-state index >= 15 is 0 Å². The number of rotatable bonds is 5. The number of amides is 1. The molecule has 1 N–H and O–H groups in total. The van der Waals surface area contributed by atoms with E-state index < -0.39 is 33.7 Å². The molecule has 0 unspecified atom stereocenters. The second kappa shape index (κ2) is 6.58. The number of hydrogen-bond donors (Lipinski definition) is 1. The fourth-order valence-corrected chi connectivity index (χ4v) is 1.40. The molecule has 0 aliphatic rings. The molecule has 1 aromatic rings. The van der Waals surface area contributed by atoms with E-state index in [4.69, 9.17) is 0 Å². The summed E-state index contributed by atoms with van der Waals surface area (Å²) >= 11 is 0. The Bertz CT molecular complexity index is 530. The lowest BCUT2D eigenvalue weighted by Gasteiger charge is -2.05. The third kappa shape index (κ3) is 3.84. The zero-order valence-electron chi connectivity index (χ0n) is 10.2. The highest BCUT2D eigenvalue weighted by molar-refractivity contribution is 5.95. The molecule has 0 radical (unpaired) electrons. The molecule has 1 amide bonds. The minimum Gasteiger partial charge on any atom is -0.352 e. The van der Waals surface area contributed by atoms with Gasteiger partial charge in [0.15, 0.2) is 0 Å². The Morgan fingerprint density at radius 2 is 2.16 bits per heavy atom. The van der Waals surface area contributed by atoms with Crippen LogP contribution in [0.25, 0.3) is 0 Å². The van der Waals surface area contributed by atoms with Crippen LogP contribution < -0.4 is 5.32 Å². The molecule has 1 aromatic carbocycles. The van der Waals surface area contributed by atoms with E-state index in [1.165, 1.54) is 0 Å². The maximum atomic E-state index is 13.6. The number of nitrogens with one attached hydrogen (secondary N) is 1. The summed E-state index contributed by atoms with van der Waals surface area (Å²) in [7, 11) is 0. The number of carbonyl (C=O) groups is 1. The molecule has 0 heterocycles. The second-order valence-electron chi connectivity index (χ2n) is 3.66. The number of nitro groups is 1. The molecule has 0 aliphatic heterocycles. The highest BCUT2D eigenvalue weighted by Crippen LogP contribution is 2.22. The topological polar surface area (TPSA) is 72.2 Å². The predicted octanol–water partition coefficient (Wildman–Crippen LogP) is 2.57. The van der Waals surface area contributed by atoms with Crippen molar-refractivity contribution < 1.29 is 18.5 Å². The van der Waals surface area contributed by atoms with Crippen LogP contribution in [0.15, 0.2) is 24.3 Å². The van der Waals surface area contributed by atoms with Gasteiger partial charge in [-0.1, -0.05) is 12.2 Å². The number of benzene rings is 1. The van der Waals surface area contributed by atoms with Crippen molar-refractivity contribution >= 4 is 11.6 Å². The lowest BCUT2D eigenvalue weighted by atomic mass is 10.1. The maximum absolute atomic E-state index is 13.6. The fraction of sp³-hybridized carbons (Fsp3) is 0.250. The van der Waals surface area contributed by atoms with E-state index in [0.717, 1.165) is 0 Å². The molecule has 5 nitrogen and oxygen atoms in total. The molecule has 1 rings (SSSR count). The van der Waals surface area contributed by atoms with Gasteiger partial charge in [-0.2, -0.15) is 4.39 Å². The van der Waals surface area contributed by atoms with Gasteiger partial charge in [0.05, 0.1) is 16.6 Å². The Morgan fingerprint density at radius 3 is 2.74 bits per heavy atom. The summed E-state index contributed by atoms with van der Waals surface area (Å²) in [6.45, 7) is 2.03. The number of halogens is 2. The Kier molecular flexibility index (Phi) is 5.11. The molecule has 0 spiro atoms. The van der Waals surface area contributed by atoms with Crippen molar-refractivity contribution in [2.24, 2.45) is 0 Å². The van der Waals surface area contributed by atoms with E-state index in [9.17, 15) is 23.7 Å². The molecule has 7 heteroatoms. The summed E-state index contributed by atoms with van der Waals surface area (Å²) in [5, 5.41) is 12.9. The molecular formula is C12H12F2N2O3. The van der Waals surface area contributed by atoms with Crippen LogP contribution in [0, 0.1) is 21.7 Å². The standard InChI is InChI=1S/C12H12F2N2O3/c1-2-3-4-5-15-12(17)9-6-8(13)7-10(11(9)14)16(18)19/h2-3,6-7H,4-5H2,1H3,(H,15,17)/b3-2+. The first-order valence-electron chi connectivity index (χ1n) is 5.50. The molecule has 0 saturated heterocycles. The van der Waals surface area contributed by atoms with Crippen molar-refractivity contribution in [3.8, 4) is 0 Å². The molecule has 0 bridgehead atoms. The summed E-state index contributed by atoms with van der Waals surface area (Å²) in [5.74, 6) is -3.26. The van der Waals surface area contributed by atoms with Gasteiger partial charge in [-0.25, -0.2) is 4.39 Å². The van der Waals surface area contributed by atoms with E-state index in [1.54, 1.807) is 19.1 Å². The monoisotopic (exact) mass is 270 g/mol. The van der Waals surface area contributed by atoms with Gasteiger partial charge in [-0.3, -0.25) is 14.9 Å². The van der Waals surface area contributed by atoms with Crippen LogP contribution in [0.2, 0.25) is 0 Å². The smallest absolute Gasteiger partial charge is 0.308 e. The van der Waals surface area contributed by atoms with Gasteiger partial charge >= 0.3 is 5.69 Å². The lowest BCUT2D eigenvalue weighted by molar-refractivity contribution is -0.387. The Balaban J connectivity index is 2.93. The van der Waals surface area contributed by atoms with Gasteiger partial charge in [0.1, 0.15) is 5.82 Å². The van der Waals surface area contributed by atoms with Gasteiger partial charge in [-0.05, 0) is 19.4 Å². The molecule has 0 aliphatic carbocycles. The summed E-state index contributed by atoms with van der Waals surface area (Å²) in [5.41, 5.74) is -1.73. The zero-order valence-corrected chi connectivity index (χ0v) is 10.2. The molecule has 0 fully saturated rings. The Hall–Kier alpha value is -2.31. The van der Waals surface area contributed by atoms with Crippen LogP contribution in [0.3, 0.4) is 0 Å². The van der Waals surface area contributed by atoms with Crippen molar-refractivity contribution in [1.82, 2.24) is 5.32 Å². The van der Waals surface area contributed by atoms with Crippen LogP contribution in [-0.2, 0) is 0 Å². The predicted molar refractivity (Wildman–Crippen MR) is 64.8 cm³/mol. The Morgan fingerprint density at radius 1 is 1.47 bits per heavy atom. The van der Waals surface area contributed by atoms with Gasteiger partial charge < -0.3 is 5.32 Å². The van der Waals surface area contributed by atoms with Gasteiger partial charge in [0.25, 0.3) is 5.91 Å². The highest BCUT2D eigenvalue weighted by Gasteiger charge is 2.23. The third-order valence-corrected chi connectivity index (χ3v) is 2.29. The first-order chi connectivity index (χ1) is 8.97. The van der Waals surface area contributed by atoms with Crippen molar-refractivity contribution in [1.29, 1.82) is 0 Å². The average Bonchev–Trinajstić information content (AvgIpc) is 2.36. The summed E-state index contributed by atoms with van der Waals surface area (Å²) in [6.07, 6.45) is 4.09. The van der Waals surface area contributed by atoms with Gasteiger partial charge in [-0.15, -0.1) is 0 Å². The number of nitrogens with zero attached hydrogens (tertiary/aromatic N) is 1. The number of hydrogen-bond acceptors (Lipinski definition) is 3. The maximum Gasteiger partial charge on any atom is 0.308 e. The van der Waals surface area contributed by atoms with Crippen molar-refractivity contribution in [3.05, 3.63) is 51.6 Å². The van der Waals surface area contributed by atoms with Crippen molar-refractivity contribution in [2.75, 3.05) is 6.54 Å². The van der Waals surface area contributed by atoms with E-state index in [-0.39, 0.29) is 6.54 Å². The number of allylic oxidation sites excluding steroid dienone is 1. The molecule has 102 valence electrons. The minimum absolute atomic E-state index is 0.229. The van der Waals surface area contributed by atoms with Crippen molar-refractivity contribution in [2.45, 2.75) is 13.3 Å². The zero-order chi connectivity index (χ0) is 14.4. The third-order valence-electron chi connectivity index (χ3n) is 2.29. The summed E-state index contributed by atoms with van der Waals surface area (Å²) < 4.78 is 26.8. The first-order valence-corrected chi connectivity index (χ1v) is 5.50. The molecule has 0 saturated carbocycles. The number of carbonyl (C=O) groups excluding carboxylic acids is 1. The average molecular weight is 270 g/mol. The first kappa shape index (κ1) is 14.7. The van der Waals surface area contributed by atoms with Gasteiger partial charge in [0, 0.05) is 6.54 Å². The van der Waals surface area contributed by atoms with Crippen LogP contribution >= 0.6 is 0 Å². The Labute approximate surface area is 108 Å². The second-order valence-corrected chi connectivity index (χ2v) is 3.66. The van der Waals surface area contributed by atoms with E-state index in [1.807, 2.05) is 0 Å². The van der Waals surface area contributed by atoms with Crippen LogP contribution in [0.4, 0.5) is 14.5 Å². The van der Waals surface area contributed by atoms with Crippen molar-refractivity contribution in [3.63, 3.8) is 0 Å². The molecule has 0 atom stereocenters. The van der Waals surface area contributed by atoms with Gasteiger partial charge in [0.2, 0.25) is 5.82 Å². The quantitative estimate of drug-likeness (QED) is 0.387. The summed E-state index contributed by atoms with van der Waals surface area (Å²) in [4.78, 5) is 21.0. The summed E-state index contributed by atoms with van der Waals surface area (Å²) in [6, 6.07) is 1.07. The fourth-order valence-electron chi connectivity index (χ4n) is 1.40. The van der Waals surface area contributed by atoms with E-state index in [0.29, 0.717) is 18.6 Å². The molecule has 19 heavy (non-hydrogen) atoms. The lowest BCUT2D eigenvalue weighted by Crippen LogP contribution is -2.25. The van der Waals surface area contributed by atoms with Crippen LogP contribution in [0.5, 0.6) is 0 Å². The van der Waals surface area contributed by atoms with Crippen LogP contribution in [-0.4, -0.2) is 17.4 Å². The largest absolute Gasteiger partial charge is 0.352 e. The van der Waals surface area contributed by atoms with Crippen LogP contribution in [0.1, 0.15) is 23.7 Å². The molecular weight excluding hydrogens is 258 g/mol. The van der Waals surface area contributed by atoms with E-state index in [2.05, 4.69) is 5.32 Å². The molecule has 0 aromatic heterocycles. The number of nitro benzene ring substituents is 1. The normalized spacial score (nSPS) is 10.7. The highest BCUT2D eigenvalue weighted by atomic mass is 19.1.